The van der Waals surface area contributed by atoms with Crippen molar-refractivity contribution in [1.29, 1.82) is 0 Å². The molecule has 1 aliphatic rings. The lowest BCUT2D eigenvalue weighted by Crippen LogP contribution is -2.37. The molecule has 0 spiro atoms. The second-order valence-electron chi connectivity index (χ2n) is 10.1. The van der Waals surface area contributed by atoms with Gasteiger partial charge in [-0.2, -0.15) is 10.1 Å². The van der Waals surface area contributed by atoms with Crippen LogP contribution in [0, 0.1) is 0 Å². The predicted molar refractivity (Wildman–Crippen MR) is 160 cm³/mol. The molecule has 14 heteroatoms. The van der Waals surface area contributed by atoms with Crippen LogP contribution in [0.5, 0.6) is 5.75 Å². The third kappa shape index (κ3) is 7.51. The summed E-state index contributed by atoms with van der Waals surface area (Å²) >= 11 is 0. The van der Waals surface area contributed by atoms with Crippen LogP contribution in [0.25, 0.3) is 17.1 Å². The van der Waals surface area contributed by atoms with Crippen LogP contribution >= 0.6 is 0 Å². The number of carbonyl (C=O) groups excluding carboxylic acids is 1. The number of halogens is 3. The van der Waals surface area contributed by atoms with Gasteiger partial charge in [-0.1, -0.05) is 36.9 Å². The molecule has 4 aromatic rings. The first-order valence-electron chi connectivity index (χ1n) is 13.7. The Bertz CT molecular complexity index is 1620. The molecule has 11 nitrogen and oxygen atoms in total. The number of hydrogen-bond acceptors (Lipinski definition) is 9. The van der Waals surface area contributed by atoms with Crippen molar-refractivity contribution in [2.75, 3.05) is 55.9 Å². The summed E-state index contributed by atoms with van der Waals surface area (Å²) in [5, 5.41) is 10.3. The van der Waals surface area contributed by atoms with Gasteiger partial charge in [0.2, 0.25) is 11.9 Å². The van der Waals surface area contributed by atoms with E-state index in [1.54, 1.807) is 15.6 Å². The van der Waals surface area contributed by atoms with Gasteiger partial charge in [0.15, 0.2) is 11.6 Å². The van der Waals surface area contributed by atoms with Crippen molar-refractivity contribution in [2.24, 2.45) is 0 Å². The summed E-state index contributed by atoms with van der Waals surface area (Å²) in [7, 11) is 3.91. The minimum atomic E-state index is -4.99. The molecular weight excluding hydrogens is 577 g/mol. The van der Waals surface area contributed by atoms with Crippen LogP contribution in [0.2, 0.25) is 0 Å². The van der Waals surface area contributed by atoms with Gasteiger partial charge in [-0.05, 0) is 26.2 Å². The Morgan fingerprint density at radius 2 is 1.89 bits per heavy atom. The molecule has 0 bridgehead atoms. The molecule has 2 aromatic heterocycles. The van der Waals surface area contributed by atoms with Crippen molar-refractivity contribution in [3.05, 3.63) is 79.1 Å². The number of alkyl halides is 3. The van der Waals surface area contributed by atoms with Crippen molar-refractivity contribution < 1.29 is 27.4 Å². The van der Waals surface area contributed by atoms with Crippen molar-refractivity contribution in [3.63, 3.8) is 0 Å². The molecule has 1 fully saturated rings. The molecule has 1 aliphatic heterocycles. The third-order valence-electron chi connectivity index (χ3n) is 6.56. The third-order valence-corrected chi connectivity index (χ3v) is 6.56. The lowest BCUT2D eigenvalue weighted by atomic mass is 10.1. The first-order valence-corrected chi connectivity index (χ1v) is 13.7. The molecule has 0 saturated carbocycles. The number of amides is 1. The molecule has 0 atom stereocenters. The summed E-state index contributed by atoms with van der Waals surface area (Å²) in [6, 6.07) is 13.9. The van der Waals surface area contributed by atoms with E-state index >= 15 is 0 Å². The Balaban J connectivity index is 1.53. The van der Waals surface area contributed by atoms with Gasteiger partial charge in [-0.25, -0.2) is 9.67 Å². The normalized spacial score (nSPS) is 13.5. The van der Waals surface area contributed by atoms with Crippen molar-refractivity contribution in [3.8, 4) is 22.8 Å². The highest BCUT2D eigenvalue weighted by atomic mass is 19.4. The van der Waals surface area contributed by atoms with Crippen LogP contribution in [0.15, 0.2) is 73.6 Å². The van der Waals surface area contributed by atoms with Gasteiger partial charge >= 0.3 is 6.36 Å². The van der Waals surface area contributed by atoms with Crippen molar-refractivity contribution in [1.82, 2.24) is 24.6 Å². The van der Waals surface area contributed by atoms with Crippen LogP contribution in [-0.4, -0.2) is 77.3 Å². The smallest absolute Gasteiger partial charge is 0.403 e. The average molecular weight is 609 g/mol. The average Bonchev–Trinajstić information content (AvgIpc) is 3.42. The van der Waals surface area contributed by atoms with Crippen molar-refractivity contribution in [2.45, 2.75) is 12.9 Å². The fraction of sp³-hybridized carbons (Fsp3) is 0.267. The van der Waals surface area contributed by atoms with Gasteiger partial charge < -0.3 is 29.9 Å². The Hall–Kier alpha value is -4.95. The lowest BCUT2D eigenvalue weighted by Gasteiger charge is -2.31. The molecular formula is C30H31F3N8O3. The number of rotatable bonds is 10. The summed E-state index contributed by atoms with van der Waals surface area (Å²) in [4.78, 5) is 24.8. The summed E-state index contributed by atoms with van der Waals surface area (Å²) < 4.78 is 52.0. The van der Waals surface area contributed by atoms with Gasteiger partial charge in [-0.3, -0.25) is 4.79 Å². The molecule has 3 heterocycles. The maximum absolute atomic E-state index is 13.5. The van der Waals surface area contributed by atoms with E-state index in [2.05, 4.69) is 31.9 Å². The Morgan fingerprint density at radius 1 is 1.14 bits per heavy atom. The molecule has 44 heavy (non-hydrogen) atoms. The van der Waals surface area contributed by atoms with Crippen LogP contribution in [-0.2, 0) is 16.1 Å². The maximum atomic E-state index is 13.5. The summed E-state index contributed by atoms with van der Waals surface area (Å²) in [6.45, 7) is 5.66. The van der Waals surface area contributed by atoms with Crippen LogP contribution in [0.4, 0.5) is 36.2 Å². The zero-order chi connectivity index (χ0) is 31.3. The number of benzene rings is 2. The van der Waals surface area contributed by atoms with Crippen molar-refractivity contribution >= 4 is 28.9 Å². The quantitative estimate of drug-likeness (QED) is 0.241. The largest absolute Gasteiger partial charge is 0.573 e. The minimum Gasteiger partial charge on any atom is -0.403 e. The predicted octanol–water partition coefficient (Wildman–Crippen LogP) is 4.99. The number of nitrogens with zero attached hydrogens (tertiary/aromatic N) is 6. The van der Waals surface area contributed by atoms with E-state index in [1.165, 1.54) is 18.3 Å². The molecule has 1 saturated heterocycles. The number of aromatic nitrogens is 4. The number of ether oxygens (including phenoxy) is 2. The SMILES string of the molecule is C=CC(=O)Nc1cc(Nc2nccc(-n3cc(CN(C)C)c(-c4ccccc4)n3)n2)c(OC(F)(F)F)cc1N1CCOCC1. The first kappa shape index (κ1) is 30.5. The fourth-order valence-corrected chi connectivity index (χ4v) is 4.71. The van der Waals surface area contributed by atoms with E-state index < -0.39 is 18.0 Å². The molecule has 0 unspecified atom stereocenters. The lowest BCUT2D eigenvalue weighted by molar-refractivity contribution is -0.274. The van der Waals surface area contributed by atoms with E-state index in [-0.39, 0.29) is 17.3 Å². The number of carbonyl (C=O) groups is 1. The van der Waals surface area contributed by atoms with E-state index in [0.717, 1.165) is 22.9 Å². The number of hydrogen-bond donors (Lipinski definition) is 2. The number of anilines is 4. The zero-order valence-electron chi connectivity index (χ0n) is 24.1. The van der Waals surface area contributed by atoms with Crippen LogP contribution in [0.1, 0.15) is 5.56 Å². The van der Waals surface area contributed by atoms with Gasteiger partial charge in [0.1, 0.15) is 0 Å². The Labute approximate surface area is 251 Å². The number of morpholine rings is 1. The van der Waals surface area contributed by atoms with Crippen LogP contribution < -0.4 is 20.3 Å². The summed E-state index contributed by atoms with van der Waals surface area (Å²) in [5.74, 6) is -0.688. The topological polar surface area (TPSA) is 110 Å². The minimum absolute atomic E-state index is 0.0134. The van der Waals surface area contributed by atoms with Crippen LogP contribution in [0.3, 0.4) is 0 Å². The molecule has 0 aliphatic carbocycles. The van der Waals surface area contributed by atoms with Gasteiger partial charge in [0.05, 0.1) is 36.0 Å². The zero-order valence-corrected chi connectivity index (χ0v) is 24.1. The van der Waals surface area contributed by atoms with Gasteiger partial charge in [-0.15, -0.1) is 13.2 Å². The molecule has 5 rings (SSSR count). The highest BCUT2D eigenvalue weighted by molar-refractivity contribution is 6.02. The fourth-order valence-electron chi connectivity index (χ4n) is 4.71. The molecule has 1 amide bonds. The first-order chi connectivity index (χ1) is 21.1. The van der Waals surface area contributed by atoms with E-state index in [4.69, 9.17) is 9.84 Å². The standard InChI is InChI=1S/C30H31F3N8O3/c1-4-27(42)35-22-16-23(25(44-30(31,32)33)17-24(22)40-12-14-43-15-13-40)36-29-34-11-10-26(37-29)41-19-21(18-39(2)3)28(38-41)20-8-6-5-7-9-20/h4-11,16-17,19H,1,12-15,18H2,2-3H3,(H,35,42)(H,34,36,37). The van der Waals surface area contributed by atoms with E-state index in [1.807, 2.05) is 55.5 Å². The van der Waals surface area contributed by atoms with Gasteiger partial charge in [0, 0.05) is 55.3 Å². The molecule has 230 valence electrons. The van der Waals surface area contributed by atoms with E-state index in [9.17, 15) is 18.0 Å². The van der Waals surface area contributed by atoms with E-state index in [0.29, 0.717) is 44.4 Å². The summed E-state index contributed by atoms with van der Waals surface area (Å²) in [5.41, 5.74) is 3.12. The number of nitrogens with one attached hydrogen (secondary N) is 2. The Morgan fingerprint density at radius 3 is 2.57 bits per heavy atom. The highest BCUT2D eigenvalue weighted by Gasteiger charge is 2.33. The molecule has 2 aromatic carbocycles. The molecule has 2 N–H and O–H groups in total. The second-order valence-corrected chi connectivity index (χ2v) is 10.1. The molecule has 0 radical (unpaired) electrons. The summed E-state index contributed by atoms with van der Waals surface area (Å²) in [6.07, 6.45) is -0.597. The maximum Gasteiger partial charge on any atom is 0.573 e. The second kappa shape index (κ2) is 13.1. The Kier molecular flexibility index (Phi) is 9.11. The monoisotopic (exact) mass is 608 g/mol. The highest BCUT2D eigenvalue weighted by Crippen LogP contribution is 2.41. The van der Waals surface area contributed by atoms with Gasteiger partial charge in [0.25, 0.3) is 0 Å².